The van der Waals surface area contributed by atoms with Gasteiger partial charge in [-0.15, -0.1) is 0 Å². The van der Waals surface area contributed by atoms with E-state index in [0.29, 0.717) is 13.0 Å². The molecule has 15 fully saturated rings. The zero-order valence-corrected chi connectivity index (χ0v) is 63.7. The molecule has 0 N–H and O–H groups in total. The molecule has 13 aliphatic heterocycles. The monoisotopic (exact) mass is 1630 g/mol. The third kappa shape index (κ3) is 17.7. The summed E-state index contributed by atoms with van der Waals surface area (Å²) in [5.74, 6) is -17.6. The number of carbonyl (C=O) groups excluding carboxylic acids is 16. The van der Waals surface area contributed by atoms with Crippen LogP contribution in [0, 0.1) is 47.3 Å². The Balaban J connectivity index is 0.000000142. The van der Waals surface area contributed by atoms with E-state index < -0.39 is 273 Å². The van der Waals surface area contributed by atoms with Crippen LogP contribution in [0.1, 0.15) is 98.8 Å². The lowest BCUT2D eigenvalue weighted by Crippen LogP contribution is -2.49. The normalized spacial score (nSPS) is 34.9. The van der Waals surface area contributed by atoms with Crippen molar-refractivity contribution in [3.05, 3.63) is 48.6 Å². The first kappa shape index (κ1) is 84.6. The molecule has 2 aliphatic carbocycles. The summed E-state index contributed by atoms with van der Waals surface area (Å²) in [5.41, 5.74) is 0.0620. The number of hydrogen-bond donors (Lipinski definition) is 0. The highest BCUT2D eigenvalue weighted by atomic mass is 16.7. The Morgan fingerprint density at radius 1 is 0.400 bits per heavy atom. The molecule has 0 amide bonds. The topological polar surface area (TPSA) is 485 Å². The molecule has 0 spiro atoms. The molecule has 15 rings (SSSR count). The Morgan fingerprint density at radius 2 is 0.739 bits per heavy atom. The van der Waals surface area contributed by atoms with Crippen molar-refractivity contribution < 1.29 is 186 Å². The van der Waals surface area contributed by atoms with E-state index in [4.69, 9.17) is 109 Å². The van der Waals surface area contributed by atoms with Crippen LogP contribution in [0.4, 0.5) is 0 Å². The van der Waals surface area contributed by atoms with E-state index in [1.54, 1.807) is 0 Å². The molecule has 2 saturated carbocycles. The number of hydrogen-bond acceptors (Lipinski definition) is 39. The Labute approximate surface area is 655 Å². The average molecular weight is 1630 g/mol. The molecule has 8 bridgehead atoms. The quantitative estimate of drug-likeness (QED) is 0.0433. The smallest absolute Gasteiger partial charge is 0.344 e. The van der Waals surface area contributed by atoms with Crippen LogP contribution in [0.25, 0.3) is 0 Å². The van der Waals surface area contributed by atoms with Crippen LogP contribution in [-0.4, -0.2) is 278 Å². The summed E-state index contributed by atoms with van der Waals surface area (Å²) in [4.78, 5) is 194. The van der Waals surface area contributed by atoms with Crippen molar-refractivity contribution in [1.29, 1.82) is 0 Å². The second-order valence-electron chi connectivity index (χ2n) is 30.2. The van der Waals surface area contributed by atoms with Gasteiger partial charge in [-0.3, -0.25) is 38.4 Å². The largest absolute Gasteiger partial charge is 0.463 e. The molecule has 115 heavy (non-hydrogen) atoms. The van der Waals surface area contributed by atoms with Crippen LogP contribution < -0.4 is 0 Å². The van der Waals surface area contributed by atoms with E-state index in [-0.39, 0.29) is 61.1 Å². The number of ether oxygens (including phenoxy) is 23. The molecule has 0 radical (unpaired) electrons. The Bertz CT molecular complexity index is 3910. The predicted octanol–water partition coefficient (Wildman–Crippen LogP) is 0.0728. The van der Waals surface area contributed by atoms with Gasteiger partial charge >= 0.3 is 95.5 Å². The maximum atomic E-state index is 13.1. The standard InChI is InChI=1S/C21H26O9.C20H24O9.C18H20O11.C17H20O10/c1-4-21(7-5-6-8-21)30-20(25)13-12-14-17(29-19(12)24)16(15(13)28-14)27-11(22)9-26-18(23)10(2)3;1-9(2)18(22)25-8-11(21)27-16-14-12(13-15(28-14)17(16)29-20(13)24)19(23)26-10-6-4-3-5-7-10;1-7(2)16(20)25-5-9(19)27-14-12-10(11-13(28-12)15(14)29-18(11)22)17(21)24-4-8-3-23-6-26-8;1-7(2)15(19)24-6-8(18)25-13-11-9(16(20)23-5-4-22-3)10-12(26-11)14(13)27-17(10)21/h12-17H,2,4-9H2,1,3H3;10,12-17H,1,3-8H2,2H3;8,10-15H,1,3-6H2,2H3;9-14H,1,4-6H2,2-3H3. The molecule has 13 heterocycles. The van der Waals surface area contributed by atoms with Crippen LogP contribution in [0.5, 0.6) is 0 Å². The first-order valence-corrected chi connectivity index (χ1v) is 37.8. The van der Waals surface area contributed by atoms with Gasteiger partial charge < -0.3 is 109 Å². The summed E-state index contributed by atoms with van der Waals surface area (Å²) in [6.45, 7) is 19.6. The van der Waals surface area contributed by atoms with Gasteiger partial charge in [0, 0.05) is 29.4 Å². The summed E-state index contributed by atoms with van der Waals surface area (Å²) in [6, 6.07) is 0. The van der Waals surface area contributed by atoms with Gasteiger partial charge in [0.25, 0.3) is 0 Å². The van der Waals surface area contributed by atoms with Crippen molar-refractivity contribution in [2.45, 2.75) is 214 Å². The lowest BCUT2D eigenvalue weighted by molar-refractivity contribution is -0.175. The molecule has 25 unspecified atom stereocenters. The van der Waals surface area contributed by atoms with E-state index in [9.17, 15) is 76.7 Å². The Morgan fingerprint density at radius 3 is 1.06 bits per heavy atom. The molecule has 0 aromatic heterocycles. The van der Waals surface area contributed by atoms with E-state index in [2.05, 4.69) is 26.3 Å². The summed E-state index contributed by atoms with van der Waals surface area (Å²) >= 11 is 0. The first-order valence-electron chi connectivity index (χ1n) is 37.8. The van der Waals surface area contributed by atoms with Crippen molar-refractivity contribution in [3.8, 4) is 0 Å². The van der Waals surface area contributed by atoms with Gasteiger partial charge in [0.15, 0.2) is 75.3 Å². The van der Waals surface area contributed by atoms with Crippen LogP contribution >= 0.6 is 0 Å². The number of methoxy groups -OCH3 is 1. The van der Waals surface area contributed by atoms with Crippen molar-refractivity contribution in [3.63, 3.8) is 0 Å². The second-order valence-corrected chi connectivity index (χ2v) is 30.2. The zero-order chi connectivity index (χ0) is 82.8. The lowest BCUT2D eigenvalue weighted by atomic mass is 9.78. The first-order chi connectivity index (χ1) is 54.8. The Hall–Kier alpha value is -9.80. The number of carbonyl (C=O) groups is 16. The van der Waals surface area contributed by atoms with Gasteiger partial charge in [0.2, 0.25) is 0 Å². The zero-order valence-electron chi connectivity index (χ0n) is 63.7. The van der Waals surface area contributed by atoms with Crippen LogP contribution in [0.15, 0.2) is 48.6 Å². The molecule has 13 saturated heterocycles. The van der Waals surface area contributed by atoms with E-state index >= 15 is 0 Å². The van der Waals surface area contributed by atoms with Gasteiger partial charge in [0.1, 0.15) is 134 Å². The third-order valence-corrected chi connectivity index (χ3v) is 22.4. The molecule has 628 valence electrons. The molecule has 15 aliphatic rings. The highest BCUT2D eigenvalue weighted by molar-refractivity contribution is 5.93. The molecule has 0 aromatic carbocycles. The third-order valence-electron chi connectivity index (χ3n) is 22.4. The van der Waals surface area contributed by atoms with Crippen molar-refractivity contribution in [1.82, 2.24) is 0 Å². The molecule has 25 atom stereocenters. The van der Waals surface area contributed by atoms with Gasteiger partial charge in [-0.2, -0.15) is 0 Å². The second kappa shape index (κ2) is 35.7. The van der Waals surface area contributed by atoms with Crippen molar-refractivity contribution in [2.75, 3.05) is 66.8 Å². The minimum absolute atomic E-state index is 0.0235. The van der Waals surface area contributed by atoms with Gasteiger partial charge in [0.05, 0.1) is 13.2 Å². The number of fused-ring (bicyclic) bond motifs is 4. The summed E-state index contributed by atoms with van der Waals surface area (Å²) in [6.07, 6.45) is -4.66. The van der Waals surface area contributed by atoms with E-state index in [1.165, 1.54) is 34.8 Å². The molecular weight excluding hydrogens is 1540 g/mol. The SMILES string of the molecule is C=C(C)C(=O)OCC(=O)OC1C2OC(=O)C3C2OC1C3C(=O)OC1(CC)CCCC1.C=C(C)C(=O)OCC(=O)OC1C2OC(=O)C3C2OC1C3C(=O)OC1CCCCC1.C=C(C)C(=O)OCC(=O)OC1C2OC(=O)C3C2OC1C3C(=O)OCC1COCO1.C=C(C)C(=O)OCC(=O)OC1C2OC(=O)C3C2OC1C3C(=O)OCCOC. The van der Waals surface area contributed by atoms with Crippen molar-refractivity contribution in [2.24, 2.45) is 47.3 Å². The summed E-state index contributed by atoms with van der Waals surface area (Å²) in [5, 5.41) is 0. The van der Waals surface area contributed by atoms with Crippen molar-refractivity contribution >= 4 is 95.5 Å². The maximum absolute atomic E-state index is 13.1. The van der Waals surface area contributed by atoms with Crippen LogP contribution in [0.3, 0.4) is 0 Å². The van der Waals surface area contributed by atoms with E-state index in [0.717, 1.165) is 57.8 Å². The fraction of sp³-hybridized carbons (Fsp3) is 0.684. The lowest BCUT2D eigenvalue weighted by Gasteiger charge is -2.32. The van der Waals surface area contributed by atoms with E-state index in [1.807, 2.05) is 6.92 Å². The van der Waals surface area contributed by atoms with Gasteiger partial charge in [-0.05, 0) is 85.5 Å². The van der Waals surface area contributed by atoms with Gasteiger partial charge in [-0.1, -0.05) is 39.7 Å². The summed E-state index contributed by atoms with van der Waals surface area (Å²) in [7, 11) is 1.46. The highest BCUT2D eigenvalue weighted by Crippen LogP contribution is 2.56. The molecule has 39 heteroatoms. The van der Waals surface area contributed by atoms with Gasteiger partial charge in [-0.25, -0.2) is 38.4 Å². The van der Waals surface area contributed by atoms with Crippen LogP contribution in [-0.2, 0) is 186 Å². The summed E-state index contributed by atoms with van der Waals surface area (Å²) < 4.78 is 122. The molecule has 0 aromatic rings. The number of esters is 16. The van der Waals surface area contributed by atoms with Crippen LogP contribution in [0.2, 0.25) is 0 Å². The highest BCUT2D eigenvalue weighted by Gasteiger charge is 2.76. The number of rotatable bonds is 28. The minimum Gasteiger partial charge on any atom is -0.463 e. The molecular formula is C76H90O39. The fourth-order valence-corrected chi connectivity index (χ4v) is 17.0. The average Bonchev–Trinajstić information content (AvgIpc) is 1.56. The fourth-order valence-electron chi connectivity index (χ4n) is 17.0. The maximum Gasteiger partial charge on any atom is 0.344 e. The minimum atomic E-state index is -0.998. The predicted molar refractivity (Wildman–Crippen MR) is 365 cm³/mol. The Kier molecular flexibility index (Phi) is 26.3. The molecule has 39 nitrogen and oxygen atoms in total.